The number of nitrogens with one attached hydrogen (secondary N) is 1. The predicted octanol–water partition coefficient (Wildman–Crippen LogP) is 0.340. The number of aromatic nitrogens is 4. The number of aliphatic hydroxyl groups excluding tert-OH is 4. The molecule has 3 heterocycles. The van der Waals surface area contributed by atoms with Gasteiger partial charge in [0.2, 0.25) is 9.84 Å². The molecule has 5 atom stereocenters. The minimum Gasteiger partial charge on any atom is -0.497 e. The fourth-order valence-electron chi connectivity index (χ4n) is 5.12. The zero-order valence-electron chi connectivity index (χ0n) is 23.0. The van der Waals surface area contributed by atoms with Crippen LogP contribution in [-0.2, 0) is 14.6 Å². The molecule has 228 valence electrons. The lowest BCUT2D eigenvalue weighted by Crippen LogP contribution is -2.64. The summed E-state index contributed by atoms with van der Waals surface area (Å²) in [6, 6.07) is 15.7. The number of aliphatic hydroxyl groups is 4. The molecule has 15 heteroatoms. The molecule has 5 aromatic rings. The Kier molecular flexibility index (Phi) is 7.75. The van der Waals surface area contributed by atoms with E-state index in [2.05, 4.69) is 20.6 Å². The minimum absolute atomic E-state index is 0.0159. The van der Waals surface area contributed by atoms with Crippen LogP contribution in [0.4, 0.5) is 0 Å². The SMILES string of the molecule is COc1ccc(S(=O)(=O)c2cnc3ccc(C(=O)NC4C(O)O[C@H](CO)[C@@H](O)[C@@H]4O)cc3c2-n2nnc3ccccc32)cc1. The molecular formula is C29H27N5O9S. The summed E-state index contributed by atoms with van der Waals surface area (Å²) in [5.74, 6) is -0.303. The Morgan fingerprint density at radius 1 is 1.02 bits per heavy atom. The van der Waals surface area contributed by atoms with Gasteiger partial charge in [0.05, 0.1) is 35.3 Å². The molecule has 1 saturated heterocycles. The quantitative estimate of drug-likeness (QED) is 0.167. The number of sulfone groups is 1. The van der Waals surface area contributed by atoms with Gasteiger partial charge in [-0.05, 0) is 54.6 Å². The molecule has 5 N–H and O–H groups in total. The molecule has 2 unspecified atom stereocenters. The minimum atomic E-state index is -4.20. The number of fused-ring (bicyclic) bond motifs is 2. The Balaban J connectivity index is 1.49. The Morgan fingerprint density at radius 3 is 2.50 bits per heavy atom. The second-order valence-electron chi connectivity index (χ2n) is 10.1. The summed E-state index contributed by atoms with van der Waals surface area (Å²) < 4.78 is 39.7. The van der Waals surface area contributed by atoms with Gasteiger partial charge in [0, 0.05) is 17.1 Å². The molecule has 0 bridgehead atoms. The second kappa shape index (κ2) is 11.5. The highest BCUT2D eigenvalue weighted by Crippen LogP contribution is 2.34. The van der Waals surface area contributed by atoms with Gasteiger partial charge < -0.3 is 35.2 Å². The summed E-state index contributed by atoms with van der Waals surface area (Å²) >= 11 is 0. The molecule has 0 aliphatic carbocycles. The highest BCUT2D eigenvalue weighted by Gasteiger charge is 2.44. The van der Waals surface area contributed by atoms with E-state index in [1.54, 1.807) is 24.3 Å². The van der Waals surface area contributed by atoms with Crippen molar-refractivity contribution in [3.05, 3.63) is 78.5 Å². The summed E-state index contributed by atoms with van der Waals surface area (Å²) in [4.78, 5) is 17.5. The molecule has 1 aliphatic heterocycles. The average molecular weight is 622 g/mol. The predicted molar refractivity (Wildman–Crippen MR) is 154 cm³/mol. The van der Waals surface area contributed by atoms with E-state index in [-0.39, 0.29) is 26.4 Å². The van der Waals surface area contributed by atoms with Gasteiger partial charge in [0.25, 0.3) is 5.91 Å². The van der Waals surface area contributed by atoms with Gasteiger partial charge >= 0.3 is 0 Å². The van der Waals surface area contributed by atoms with Gasteiger partial charge in [-0.1, -0.05) is 17.3 Å². The first-order chi connectivity index (χ1) is 21.1. The average Bonchev–Trinajstić information content (AvgIpc) is 3.47. The number of rotatable bonds is 7. The maximum atomic E-state index is 14.0. The molecule has 2 aromatic heterocycles. The zero-order valence-corrected chi connectivity index (χ0v) is 23.9. The van der Waals surface area contributed by atoms with E-state index in [0.29, 0.717) is 22.3 Å². The van der Waals surface area contributed by atoms with Crippen molar-refractivity contribution in [3.63, 3.8) is 0 Å². The van der Waals surface area contributed by atoms with Crippen LogP contribution in [0.25, 0.3) is 27.6 Å². The van der Waals surface area contributed by atoms with Crippen LogP contribution in [0.3, 0.4) is 0 Å². The Morgan fingerprint density at radius 2 is 1.77 bits per heavy atom. The van der Waals surface area contributed by atoms with Crippen LogP contribution in [0.15, 0.2) is 82.7 Å². The van der Waals surface area contributed by atoms with Crippen LogP contribution < -0.4 is 10.1 Å². The molecule has 44 heavy (non-hydrogen) atoms. The molecule has 1 aliphatic rings. The van der Waals surface area contributed by atoms with Crippen LogP contribution in [0.1, 0.15) is 10.4 Å². The molecule has 1 fully saturated rings. The van der Waals surface area contributed by atoms with E-state index in [1.165, 1.54) is 60.5 Å². The summed E-state index contributed by atoms with van der Waals surface area (Å²) in [6.07, 6.45) is -4.98. The van der Waals surface area contributed by atoms with Crippen LogP contribution in [0.2, 0.25) is 0 Å². The van der Waals surface area contributed by atoms with Crippen molar-refractivity contribution in [2.45, 2.75) is 40.4 Å². The van der Waals surface area contributed by atoms with Gasteiger partial charge in [0.1, 0.15) is 40.5 Å². The number of hydrogen-bond donors (Lipinski definition) is 5. The fourth-order valence-corrected chi connectivity index (χ4v) is 6.51. The van der Waals surface area contributed by atoms with E-state index in [9.17, 15) is 33.6 Å². The van der Waals surface area contributed by atoms with Crippen molar-refractivity contribution in [2.24, 2.45) is 0 Å². The van der Waals surface area contributed by atoms with Crippen LogP contribution in [0.5, 0.6) is 5.75 Å². The molecule has 14 nitrogen and oxygen atoms in total. The van der Waals surface area contributed by atoms with E-state index in [4.69, 9.17) is 9.47 Å². The topological polar surface area (TPSA) is 206 Å². The third-order valence-electron chi connectivity index (χ3n) is 7.49. The zero-order chi connectivity index (χ0) is 31.2. The van der Waals surface area contributed by atoms with Crippen LogP contribution in [0, 0.1) is 0 Å². The highest BCUT2D eigenvalue weighted by atomic mass is 32.2. The summed E-state index contributed by atoms with van der Waals surface area (Å²) in [7, 11) is -2.74. The standard InChI is InChI=1S/C29H27N5O9S/c1-42-16-7-9-17(10-8-16)44(40,41)23-13-30-19-11-6-15(28(38)31-24-27(37)26(36)22(14-35)43-29(24)39)12-18(19)25(23)34-21-5-3-2-4-20(21)32-33-34/h2-13,22,24,26-27,29,35-37,39H,14H2,1H3,(H,31,38)/t22-,24?,26-,27-,29?/m1/s1. The lowest BCUT2D eigenvalue weighted by atomic mass is 9.96. The molecule has 6 rings (SSSR count). The van der Waals surface area contributed by atoms with Crippen molar-refractivity contribution >= 4 is 37.7 Å². The number of para-hydroxylation sites is 1. The molecule has 3 aromatic carbocycles. The van der Waals surface area contributed by atoms with Crippen molar-refractivity contribution in [1.29, 1.82) is 0 Å². The number of carbonyl (C=O) groups is 1. The third-order valence-corrected chi connectivity index (χ3v) is 9.26. The van der Waals surface area contributed by atoms with Crippen molar-refractivity contribution < 1.29 is 43.1 Å². The van der Waals surface area contributed by atoms with Gasteiger partial charge in [-0.2, -0.15) is 0 Å². The summed E-state index contributed by atoms with van der Waals surface area (Å²) in [6.45, 7) is -0.658. The molecule has 0 saturated carbocycles. The monoisotopic (exact) mass is 621 g/mol. The van der Waals surface area contributed by atoms with Crippen LogP contribution in [-0.4, -0.2) is 99.1 Å². The lowest BCUT2D eigenvalue weighted by Gasteiger charge is -2.40. The first kappa shape index (κ1) is 29.6. The number of methoxy groups -OCH3 is 1. The number of pyridine rings is 1. The second-order valence-corrected chi connectivity index (χ2v) is 12.0. The first-order valence-corrected chi connectivity index (χ1v) is 14.9. The third kappa shape index (κ3) is 5.04. The highest BCUT2D eigenvalue weighted by molar-refractivity contribution is 7.91. The van der Waals surface area contributed by atoms with Crippen molar-refractivity contribution in [1.82, 2.24) is 25.3 Å². The Hall–Kier alpha value is -4.51. The largest absolute Gasteiger partial charge is 0.497 e. The fraction of sp³-hybridized carbons (Fsp3) is 0.241. The normalized spacial score (nSPS) is 22.2. The van der Waals surface area contributed by atoms with Gasteiger partial charge in [-0.25, -0.2) is 13.1 Å². The number of hydrogen-bond acceptors (Lipinski definition) is 12. The molecular weight excluding hydrogens is 594 g/mol. The molecule has 1 amide bonds. The Bertz CT molecular complexity index is 1970. The maximum absolute atomic E-state index is 14.0. The van der Waals surface area contributed by atoms with E-state index in [0.717, 1.165) is 0 Å². The first-order valence-electron chi connectivity index (χ1n) is 13.4. The van der Waals surface area contributed by atoms with Gasteiger partial charge in [-0.15, -0.1) is 5.10 Å². The maximum Gasteiger partial charge on any atom is 0.251 e. The van der Waals surface area contributed by atoms with E-state index >= 15 is 0 Å². The number of benzene rings is 3. The van der Waals surface area contributed by atoms with E-state index < -0.39 is 53.0 Å². The summed E-state index contributed by atoms with van der Waals surface area (Å²) in [5.41, 5.74) is 1.45. The molecule has 0 spiro atoms. The van der Waals surface area contributed by atoms with Crippen LogP contribution >= 0.6 is 0 Å². The smallest absolute Gasteiger partial charge is 0.251 e. The molecule has 0 radical (unpaired) electrons. The van der Waals surface area contributed by atoms with E-state index in [1.807, 2.05) is 0 Å². The number of nitrogens with zero attached hydrogens (tertiary/aromatic N) is 4. The lowest BCUT2D eigenvalue weighted by molar-refractivity contribution is -0.252. The van der Waals surface area contributed by atoms with Gasteiger partial charge in [-0.3, -0.25) is 9.78 Å². The van der Waals surface area contributed by atoms with Crippen molar-refractivity contribution in [2.75, 3.05) is 13.7 Å². The number of ether oxygens (including phenoxy) is 2. The Labute approximate surface area is 250 Å². The number of carbonyl (C=O) groups excluding carboxylic acids is 1. The summed E-state index contributed by atoms with van der Waals surface area (Å²) in [5, 5.41) is 51.5. The van der Waals surface area contributed by atoms with Crippen molar-refractivity contribution in [3.8, 4) is 11.4 Å². The van der Waals surface area contributed by atoms with Gasteiger partial charge in [0.15, 0.2) is 6.29 Å². The number of amides is 1.